The first-order chi connectivity index (χ1) is 11.7. The summed E-state index contributed by atoms with van der Waals surface area (Å²) in [5.74, 6) is -1.50. The quantitative estimate of drug-likeness (QED) is 0.848. The molecule has 0 bridgehead atoms. The number of ether oxygens (including phenoxy) is 1. The SMILES string of the molecule is Cc1c(C)c(C)c(C(=O)OCC(=O)Nc2cccc(F)c2)c(C)c1C. The maximum atomic E-state index is 13.1. The summed E-state index contributed by atoms with van der Waals surface area (Å²) in [6, 6.07) is 5.52. The van der Waals surface area contributed by atoms with E-state index in [0.717, 1.165) is 27.8 Å². The van der Waals surface area contributed by atoms with Crippen LogP contribution in [0, 0.1) is 40.4 Å². The van der Waals surface area contributed by atoms with Gasteiger partial charge in [0.15, 0.2) is 6.61 Å². The Bertz CT molecular complexity index is 814. The Morgan fingerprint density at radius 2 is 1.52 bits per heavy atom. The van der Waals surface area contributed by atoms with Crippen molar-refractivity contribution < 1.29 is 18.7 Å². The number of amides is 1. The van der Waals surface area contributed by atoms with E-state index in [1.54, 1.807) is 6.07 Å². The van der Waals surface area contributed by atoms with E-state index >= 15 is 0 Å². The smallest absolute Gasteiger partial charge is 0.339 e. The number of halogens is 1. The van der Waals surface area contributed by atoms with Crippen LogP contribution in [0.4, 0.5) is 10.1 Å². The summed E-state index contributed by atoms with van der Waals surface area (Å²) in [7, 11) is 0. The average molecular weight is 343 g/mol. The van der Waals surface area contributed by atoms with Gasteiger partial charge in [0.25, 0.3) is 5.91 Å². The average Bonchev–Trinajstić information content (AvgIpc) is 2.56. The predicted molar refractivity (Wildman–Crippen MR) is 95.4 cm³/mol. The Labute approximate surface area is 147 Å². The summed E-state index contributed by atoms with van der Waals surface area (Å²) in [6.07, 6.45) is 0. The molecular weight excluding hydrogens is 321 g/mol. The van der Waals surface area contributed by atoms with Gasteiger partial charge in [0, 0.05) is 5.69 Å². The van der Waals surface area contributed by atoms with Crippen molar-refractivity contribution in [3.8, 4) is 0 Å². The van der Waals surface area contributed by atoms with Crippen LogP contribution in [0.15, 0.2) is 24.3 Å². The van der Waals surface area contributed by atoms with Crippen molar-refractivity contribution in [1.82, 2.24) is 0 Å². The van der Waals surface area contributed by atoms with Gasteiger partial charge in [0.1, 0.15) is 5.82 Å². The Balaban J connectivity index is 2.09. The van der Waals surface area contributed by atoms with E-state index in [9.17, 15) is 14.0 Å². The topological polar surface area (TPSA) is 55.4 Å². The fraction of sp³-hybridized carbons (Fsp3) is 0.300. The molecule has 1 amide bonds. The lowest BCUT2D eigenvalue weighted by Crippen LogP contribution is -2.22. The minimum atomic E-state index is -0.532. The summed E-state index contributed by atoms with van der Waals surface area (Å²) in [5.41, 5.74) is 5.76. The summed E-state index contributed by atoms with van der Waals surface area (Å²) in [4.78, 5) is 24.4. The van der Waals surface area contributed by atoms with Gasteiger partial charge in [-0.1, -0.05) is 6.07 Å². The third-order valence-electron chi connectivity index (χ3n) is 4.65. The first-order valence-electron chi connectivity index (χ1n) is 8.01. The zero-order valence-corrected chi connectivity index (χ0v) is 15.1. The molecule has 2 rings (SSSR count). The van der Waals surface area contributed by atoms with Crippen LogP contribution in [0.5, 0.6) is 0 Å². The van der Waals surface area contributed by atoms with E-state index in [2.05, 4.69) is 5.32 Å². The number of nitrogens with one attached hydrogen (secondary N) is 1. The van der Waals surface area contributed by atoms with Gasteiger partial charge in [-0.25, -0.2) is 9.18 Å². The van der Waals surface area contributed by atoms with Crippen molar-refractivity contribution in [1.29, 1.82) is 0 Å². The maximum Gasteiger partial charge on any atom is 0.339 e. The molecular formula is C20H22FNO3. The predicted octanol–water partition coefficient (Wildman–Crippen LogP) is 4.16. The van der Waals surface area contributed by atoms with Gasteiger partial charge >= 0.3 is 5.97 Å². The van der Waals surface area contributed by atoms with E-state index in [1.165, 1.54) is 18.2 Å². The molecule has 5 heteroatoms. The minimum absolute atomic E-state index is 0.315. The number of hydrogen-bond acceptors (Lipinski definition) is 3. The summed E-state index contributed by atoms with van der Waals surface area (Å²) < 4.78 is 18.3. The van der Waals surface area contributed by atoms with E-state index in [4.69, 9.17) is 4.74 Å². The fourth-order valence-electron chi connectivity index (χ4n) is 2.77. The van der Waals surface area contributed by atoms with Crippen LogP contribution in [0.25, 0.3) is 0 Å². The van der Waals surface area contributed by atoms with Gasteiger partial charge in [-0.3, -0.25) is 4.79 Å². The summed E-state index contributed by atoms with van der Waals surface area (Å²) in [6.45, 7) is 9.26. The Morgan fingerprint density at radius 1 is 0.960 bits per heavy atom. The molecule has 0 fully saturated rings. The molecule has 0 aromatic heterocycles. The number of hydrogen-bond donors (Lipinski definition) is 1. The van der Waals surface area contributed by atoms with Crippen LogP contribution in [0.2, 0.25) is 0 Å². The first kappa shape index (κ1) is 18.6. The van der Waals surface area contributed by atoms with E-state index in [0.29, 0.717) is 11.3 Å². The number of esters is 1. The molecule has 0 aliphatic heterocycles. The van der Waals surface area contributed by atoms with Gasteiger partial charge < -0.3 is 10.1 Å². The molecule has 25 heavy (non-hydrogen) atoms. The lowest BCUT2D eigenvalue weighted by Gasteiger charge is -2.17. The minimum Gasteiger partial charge on any atom is -0.452 e. The van der Waals surface area contributed by atoms with Crippen molar-refractivity contribution in [2.24, 2.45) is 0 Å². The number of anilines is 1. The first-order valence-corrected chi connectivity index (χ1v) is 8.01. The monoisotopic (exact) mass is 343 g/mol. The van der Waals surface area contributed by atoms with Gasteiger partial charge in [0.05, 0.1) is 5.56 Å². The fourth-order valence-corrected chi connectivity index (χ4v) is 2.77. The molecule has 4 nitrogen and oxygen atoms in total. The number of rotatable bonds is 4. The van der Waals surface area contributed by atoms with Crippen molar-refractivity contribution in [3.05, 3.63) is 63.5 Å². The highest BCUT2D eigenvalue weighted by Crippen LogP contribution is 2.26. The number of benzene rings is 2. The molecule has 0 heterocycles. The molecule has 132 valence electrons. The molecule has 0 saturated carbocycles. The summed E-state index contributed by atoms with van der Waals surface area (Å²) in [5, 5.41) is 2.49. The zero-order valence-electron chi connectivity index (χ0n) is 15.1. The second kappa shape index (κ2) is 7.47. The number of carbonyl (C=O) groups excluding carboxylic acids is 2. The molecule has 0 radical (unpaired) electrons. The van der Waals surface area contributed by atoms with E-state index < -0.39 is 24.3 Å². The lowest BCUT2D eigenvalue weighted by molar-refractivity contribution is -0.119. The second-order valence-corrected chi connectivity index (χ2v) is 6.13. The molecule has 2 aromatic carbocycles. The molecule has 0 unspecified atom stereocenters. The van der Waals surface area contributed by atoms with Crippen molar-refractivity contribution >= 4 is 17.6 Å². The van der Waals surface area contributed by atoms with Crippen molar-refractivity contribution in [2.75, 3.05) is 11.9 Å². The summed E-state index contributed by atoms with van der Waals surface area (Å²) >= 11 is 0. The highest BCUT2D eigenvalue weighted by atomic mass is 19.1. The molecule has 2 aromatic rings. The molecule has 0 atom stereocenters. The highest BCUT2D eigenvalue weighted by Gasteiger charge is 2.20. The molecule has 0 aliphatic rings. The van der Waals surface area contributed by atoms with Gasteiger partial charge in [-0.05, 0) is 80.6 Å². The normalized spacial score (nSPS) is 10.5. The molecule has 0 aliphatic carbocycles. The van der Waals surface area contributed by atoms with Crippen LogP contribution >= 0.6 is 0 Å². The van der Waals surface area contributed by atoms with Gasteiger partial charge in [0.2, 0.25) is 0 Å². The van der Waals surface area contributed by atoms with Crippen molar-refractivity contribution in [2.45, 2.75) is 34.6 Å². The zero-order chi connectivity index (χ0) is 18.7. The molecule has 0 spiro atoms. The Hall–Kier alpha value is -2.69. The third kappa shape index (κ3) is 4.05. The lowest BCUT2D eigenvalue weighted by atomic mass is 9.90. The second-order valence-electron chi connectivity index (χ2n) is 6.13. The molecule has 0 saturated heterocycles. The Kier molecular flexibility index (Phi) is 5.57. The maximum absolute atomic E-state index is 13.1. The van der Waals surface area contributed by atoms with Crippen LogP contribution < -0.4 is 5.32 Å². The van der Waals surface area contributed by atoms with Crippen LogP contribution in [0.3, 0.4) is 0 Å². The van der Waals surface area contributed by atoms with E-state index in [1.807, 2.05) is 34.6 Å². The van der Waals surface area contributed by atoms with Gasteiger partial charge in [-0.15, -0.1) is 0 Å². The standard InChI is InChI=1S/C20H22FNO3/c1-11-12(2)14(4)19(15(5)13(11)3)20(24)25-10-18(23)22-17-8-6-7-16(21)9-17/h6-9H,10H2,1-5H3,(H,22,23). The third-order valence-corrected chi connectivity index (χ3v) is 4.65. The Morgan fingerprint density at radius 3 is 2.08 bits per heavy atom. The highest BCUT2D eigenvalue weighted by molar-refractivity contribution is 5.97. The van der Waals surface area contributed by atoms with Crippen LogP contribution in [0.1, 0.15) is 38.2 Å². The van der Waals surface area contributed by atoms with Crippen LogP contribution in [-0.2, 0) is 9.53 Å². The molecule has 1 N–H and O–H groups in total. The number of carbonyl (C=O) groups is 2. The largest absolute Gasteiger partial charge is 0.452 e. The van der Waals surface area contributed by atoms with E-state index in [-0.39, 0.29) is 0 Å². The van der Waals surface area contributed by atoms with Gasteiger partial charge in [-0.2, -0.15) is 0 Å². The van der Waals surface area contributed by atoms with Crippen molar-refractivity contribution in [3.63, 3.8) is 0 Å². The van der Waals surface area contributed by atoms with Crippen LogP contribution in [-0.4, -0.2) is 18.5 Å².